The van der Waals surface area contributed by atoms with E-state index >= 15 is 0 Å². The summed E-state index contributed by atoms with van der Waals surface area (Å²) in [5.74, 6) is 2.02. The minimum absolute atomic E-state index is 0.269. The van der Waals surface area contributed by atoms with Crippen LogP contribution in [-0.4, -0.2) is 21.3 Å². The second-order valence-corrected chi connectivity index (χ2v) is 5.16. The maximum absolute atomic E-state index is 5.71. The Balaban J connectivity index is 1.94. The average molecular weight is 247 g/mol. The Bertz CT molecular complexity index is 434. The lowest BCUT2D eigenvalue weighted by atomic mass is 10.2. The van der Waals surface area contributed by atoms with E-state index < -0.39 is 0 Å². The van der Waals surface area contributed by atoms with Gasteiger partial charge in [0.25, 0.3) is 0 Å². The molecule has 2 rings (SSSR count). The van der Waals surface area contributed by atoms with Crippen LogP contribution < -0.4 is 5.73 Å². The van der Waals surface area contributed by atoms with E-state index in [1.807, 2.05) is 29.4 Å². The predicted molar refractivity (Wildman–Crippen MR) is 73.4 cm³/mol. The van der Waals surface area contributed by atoms with Crippen LogP contribution in [0.5, 0.6) is 0 Å². The van der Waals surface area contributed by atoms with Crippen LogP contribution in [0.4, 0.5) is 0 Å². The van der Waals surface area contributed by atoms with Gasteiger partial charge in [0.1, 0.15) is 0 Å². The molecule has 2 aromatic rings. The molecule has 0 aliphatic rings. The van der Waals surface area contributed by atoms with Gasteiger partial charge in [-0.1, -0.05) is 12.1 Å². The lowest BCUT2D eigenvalue weighted by Crippen LogP contribution is -2.17. The van der Waals surface area contributed by atoms with Gasteiger partial charge in [0.2, 0.25) is 0 Å². The summed E-state index contributed by atoms with van der Waals surface area (Å²) in [7, 11) is 0. The zero-order valence-electron chi connectivity index (χ0n) is 9.91. The second kappa shape index (κ2) is 5.89. The summed E-state index contributed by atoms with van der Waals surface area (Å²) in [5.41, 5.74) is 8.19. The molecule has 0 fully saturated rings. The van der Waals surface area contributed by atoms with Gasteiger partial charge in [0.05, 0.1) is 6.33 Å². The van der Waals surface area contributed by atoms with Crippen LogP contribution in [0, 0.1) is 0 Å². The molecule has 0 amide bonds. The fourth-order valence-corrected chi connectivity index (χ4v) is 2.46. The maximum atomic E-state index is 5.71. The van der Waals surface area contributed by atoms with Gasteiger partial charge in [0.15, 0.2) is 0 Å². The Morgan fingerprint density at radius 1 is 1.35 bits per heavy atom. The molecule has 3 nitrogen and oxygen atoms in total. The van der Waals surface area contributed by atoms with Crippen LogP contribution >= 0.6 is 11.8 Å². The smallest absolute Gasteiger partial charge is 0.0991 e. The van der Waals surface area contributed by atoms with Crippen LogP contribution in [0.1, 0.15) is 12.5 Å². The van der Waals surface area contributed by atoms with Crippen LogP contribution in [0.15, 0.2) is 43.0 Å². The molecule has 1 heterocycles. The minimum atomic E-state index is 0.269. The molecular formula is C13H17N3S. The first-order valence-corrected chi connectivity index (χ1v) is 6.82. The molecule has 4 heteroatoms. The molecule has 0 aliphatic carbocycles. The zero-order valence-corrected chi connectivity index (χ0v) is 10.7. The normalized spacial score (nSPS) is 12.6. The molecule has 0 radical (unpaired) electrons. The van der Waals surface area contributed by atoms with Crippen molar-refractivity contribution in [1.29, 1.82) is 0 Å². The van der Waals surface area contributed by atoms with Crippen molar-refractivity contribution in [2.45, 2.75) is 18.7 Å². The largest absolute Gasteiger partial charge is 0.327 e. The summed E-state index contributed by atoms with van der Waals surface area (Å²) in [5, 5.41) is 0. The van der Waals surface area contributed by atoms with E-state index in [9.17, 15) is 0 Å². The van der Waals surface area contributed by atoms with Gasteiger partial charge in [-0.25, -0.2) is 4.98 Å². The van der Waals surface area contributed by atoms with Crippen molar-refractivity contribution in [3.05, 3.63) is 48.5 Å². The van der Waals surface area contributed by atoms with Crippen molar-refractivity contribution >= 4 is 11.8 Å². The first kappa shape index (κ1) is 12.2. The highest BCUT2D eigenvalue weighted by molar-refractivity contribution is 7.98. The Morgan fingerprint density at radius 3 is 2.71 bits per heavy atom. The highest BCUT2D eigenvalue weighted by Crippen LogP contribution is 2.15. The Labute approximate surface area is 106 Å². The number of nitrogens with two attached hydrogens (primary N) is 1. The summed E-state index contributed by atoms with van der Waals surface area (Å²) in [4.78, 5) is 4.03. The van der Waals surface area contributed by atoms with Gasteiger partial charge >= 0.3 is 0 Å². The molecule has 0 saturated heterocycles. The minimum Gasteiger partial charge on any atom is -0.327 e. The molecule has 17 heavy (non-hydrogen) atoms. The van der Waals surface area contributed by atoms with Gasteiger partial charge in [-0.2, -0.15) is 11.8 Å². The molecule has 2 N–H and O–H groups in total. The third-order valence-corrected chi connectivity index (χ3v) is 3.69. The summed E-state index contributed by atoms with van der Waals surface area (Å²) in [6.07, 6.45) is 5.53. The molecule has 0 bridgehead atoms. The number of thioether (sulfide) groups is 1. The van der Waals surface area contributed by atoms with E-state index in [1.165, 1.54) is 5.56 Å². The van der Waals surface area contributed by atoms with Gasteiger partial charge in [-0.15, -0.1) is 0 Å². The number of rotatable bonds is 5. The summed E-state index contributed by atoms with van der Waals surface area (Å²) >= 11 is 1.87. The summed E-state index contributed by atoms with van der Waals surface area (Å²) < 4.78 is 2.00. The molecule has 1 aromatic heterocycles. The number of imidazole rings is 1. The SMILES string of the molecule is CC(N)CSCc1ccc(-n2ccnc2)cc1. The van der Waals surface area contributed by atoms with E-state index in [4.69, 9.17) is 5.73 Å². The summed E-state index contributed by atoms with van der Waals surface area (Å²) in [6.45, 7) is 2.04. The topological polar surface area (TPSA) is 43.8 Å². The van der Waals surface area contributed by atoms with E-state index in [-0.39, 0.29) is 6.04 Å². The molecule has 1 aromatic carbocycles. The Morgan fingerprint density at radius 2 is 2.12 bits per heavy atom. The lowest BCUT2D eigenvalue weighted by molar-refractivity contribution is 0.847. The first-order valence-electron chi connectivity index (χ1n) is 5.66. The van der Waals surface area contributed by atoms with Crippen LogP contribution in [0.25, 0.3) is 5.69 Å². The molecule has 0 saturated carbocycles. The van der Waals surface area contributed by atoms with E-state index in [2.05, 4.69) is 29.2 Å². The van der Waals surface area contributed by atoms with E-state index in [0.29, 0.717) is 0 Å². The standard InChI is InChI=1S/C13H17N3S/c1-11(14)8-17-9-12-2-4-13(5-3-12)16-7-6-15-10-16/h2-7,10-11H,8-9,14H2,1H3. The number of hydrogen-bond donors (Lipinski definition) is 1. The third-order valence-electron chi connectivity index (χ3n) is 2.39. The number of nitrogens with zero attached hydrogens (tertiary/aromatic N) is 2. The summed E-state index contributed by atoms with van der Waals surface area (Å²) in [6, 6.07) is 8.81. The third kappa shape index (κ3) is 3.61. The number of aromatic nitrogens is 2. The first-order chi connectivity index (χ1) is 8.25. The molecule has 0 spiro atoms. The van der Waals surface area contributed by atoms with Crippen molar-refractivity contribution in [2.24, 2.45) is 5.73 Å². The fraction of sp³-hybridized carbons (Fsp3) is 0.308. The highest BCUT2D eigenvalue weighted by Gasteiger charge is 1.98. The van der Waals surface area contributed by atoms with Gasteiger partial charge < -0.3 is 10.3 Å². The second-order valence-electron chi connectivity index (χ2n) is 4.13. The Hall–Kier alpha value is -1.26. The van der Waals surface area contributed by atoms with Crippen molar-refractivity contribution < 1.29 is 0 Å². The highest BCUT2D eigenvalue weighted by atomic mass is 32.2. The fourth-order valence-electron chi connectivity index (χ4n) is 1.54. The average Bonchev–Trinajstić information content (AvgIpc) is 2.83. The van der Waals surface area contributed by atoms with Crippen molar-refractivity contribution in [2.75, 3.05) is 5.75 Å². The van der Waals surface area contributed by atoms with Crippen molar-refractivity contribution in [1.82, 2.24) is 9.55 Å². The quantitative estimate of drug-likeness (QED) is 0.882. The van der Waals surface area contributed by atoms with E-state index in [0.717, 1.165) is 17.2 Å². The maximum Gasteiger partial charge on any atom is 0.0991 e. The van der Waals surface area contributed by atoms with Crippen LogP contribution in [0.3, 0.4) is 0 Å². The molecule has 90 valence electrons. The van der Waals surface area contributed by atoms with Gasteiger partial charge in [0, 0.05) is 35.6 Å². The number of hydrogen-bond acceptors (Lipinski definition) is 3. The molecule has 0 aliphatic heterocycles. The molecular weight excluding hydrogens is 230 g/mol. The van der Waals surface area contributed by atoms with Crippen molar-refractivity contribution in [3.63, 3.8) is 0 Å². The van der Waals surface area contributed by atoms with Crippen molar-refractivity contribution in [3.8, 4) is 5.69 Å². The zero-order chi connectivity index (χ0) is 12.1. The lowest BCUT2D eigenvalue weighted by Gasteiger charge is -2.06. The molecule has 1 unspecified atom stereocenters. The van der Waals surface area contributed by atoms with Gasteiger partial charge in [-0.05, 0) is 24.6 Å². The molecule has 1 atom stereocenters. The predicted octanol–water partition coefficient (Wildman–Crippen LogP) is 2.45. The van der Waals surface area contributed by atoms with Crippen LogP contribution in [-0.2, 0) is 5.75 Å². The monoisotopic (exact) mass is 247 g/mol. The Kier molecular flexibility index (Phi) is 4.23. The van der Waals surface area contributed by atoms with E-state index in [1.54, 1.807) is 12.5 Å². The van der Waals surface area contributed by atoms with Gasteiger partial charge in [-0.3, -0.25) is 0 Å². The van der Waals surface area contributed by atoms with Crippen LogP contribution in [0.2, 0.25) is 0 Å². The number of benzene rings is 1.